The van der Waals surface area contributed by atoms with Gasteiger partial charge in [-0.15, -0.1) is 0 Å². The molecule has 0 radical (unpaired) electrons. The summed E-state index contributed by atoms with van der Waals surface area (Å²) in [5.41, 5.74) is 1.32. The fourth-order valence-corrected chi connectivity index (χ4v) is 2.75. The number of hydrogen-bond acceptors (Lipinski definition) is 5. The van der Waals surface area contributed by atoms with E-state index < -0.39 is 5.41 Å². The first-order valence-electron chi connectivity index (χ1n) is 7.29. The molecule has 0 unspecified atom stereocenters. The molecule has 0 atom stereocenters. The summed E-state index contributed by atoms with van der Waals surface area (Å²) in [6.07, 6.45) is 3.08. The first kappa shape index (κ1) is 13.6. The van der Waals surface area contributed by atoms with E-state index in [0.717, 1.165) is 18.4 Å². The van der Waals surface area contributed by atoms with Crippen molar-refractivity contribution in [3.8, 4) is 17.6 Å². The number of rotatable bonds is 3. The number of nitriles is 1. The van der Waals surface area contributed by atoms with E-state index in [2.05, 4.69) is 10.3 Å². The Labute approximate surface area is 134 Å². The third-order valence-electron chi connectivity index (χ3n) is 4.25. The quantitative estimate of drug-likeness (QED) is 0.942. The molecule has 6 heteroatoms. The average molecular weight is 309 g/mol. The standard InChI is InChI=1S/C17H13N3O3.H2/c18-8-12-2-3-13(9-19-12)20-16(21)17(5-6-17)11-1-4-14-15(7-11)23-10-22-14;/h1-4,7,9H,5-6,10H2,(H,20,21);1H. The Morgan fingerprint density at radius 2 is 2.09 bits per heavy atom. The number of fused-ring (bicyclic) bond motifs is 1. The van der Waals surface area contributed by atoms with Crippen LogP contribution in [-0.4, -0.2) is 17.7 Å². The van der Waals surface area contributed by atoms with Crippen molar-refractivity contribution in [2.75, 3.05) is 12.1 Å². The molecule has 0 saturated heterocycles. The summed E-state index contributed by atoms with van der Waals surface area (Å²) < 4.78 is 10.7. The predicted molar refractivity (Wildman–Crippen MR) is 83.2 cm³/mol. The van der Waals surface area contributed by atoms with E-state index in [1.165, 1.54) is 6.20 Å². The van der Waals surface area contributed by atoms with Gasteiger partial charge >= 0.3 is 0 Å². The third-order valence-corrected chi connectivity index (χ3v) is 4.25. The molecule has 1 aromatic carbocycles. The van der Waals surface area contributed by atoms with Crippen LogP contribution < -0.4 is 14.8 Å². The number of benzene rings is 1. The number of ether oxygens (including phenoxy) is 2. The number of pyridine rings is 1. The smallest absolute Gasteiger partial charge is 0.235 e. The van der Waals surface area contributed by atoms with Gasteiger partial charge in [0.15, 0.2) is 11.5 Å². The van der Waals surface area contributed by atoms with Crippen LogP contribution in [0.4, 0.5) is 5.69 Å². The van der Waals surface area contributed by atoms with Gasteiger partial charge in [-0.2, -0.15) is 5.26 Å². The van der Waals surface area contributed by atoms with Crippen LogP contribution in [0.25, 0.3) is 0 Å². The molecule has 1 aliphatic carbocycles. The van der Waals surface area contributed by atoms with E-state index >= 15 is 0 Å². The highest BCUT2D eigenvalue weighted by atomic mass is 16.7. The zero-order valence-electron chi connectivity index (χ0n) is 12.2. The maximum absolute atomic E-state index is 12.7. The van der Waals surface area contributed by atoms with Crippen molar-refractivity contribution >= 4 is 11.6 Å². The summed E-state index contributed by atoms with van der Waals surface area (Å²) in [7, 11) is 0. The number of nitrogens with one attached hydrogen (secondary N) is 1. The van der Waals surface area contributed by atoms with Gasteiger partial charge in [-0.1, -0.05) is 6.07 Å². The highest BCUT2D eigenvalue weighted by Gasteiger charge is 2.51. The molecule has 2 aliphatic rings. The molecule has 1 fully saturated rings. The Morgan fingerprint density at radius 1 is 1.26 bits per heavy atom. The van der Waals surface area contributed by atoms with Crippen LogP contribution in [0.2, 0.25) is 0 Å². The Hall–Kier alpha value is -3.07. The lowest BCUT2D eigenvalue weighted by Gasteiger charge is -2.16. The molecule has 1 aromatic heterocycles. The van der Waals surface area contributed by atoms with Crippen LogP contribution in [0.15, 0.2) is 36.5 Å². The normalized spacial score (nSPS) is 16.5. The summed E-state index contributed by atoms with van der Waals surface area (Å²) in [6, 6.07) is 10.8. The van der Waals surface area contributed by atoms with Crippen molar-refractivity contribution in [2.45, 2.75) is 18.3 Å². The van der Waals surface area contributed by atoms with Crippen molar-refractivity contribution in [3.05, 3.63) is 47.8 Å². The van der Waals surface area contributed by atoms with Crippen LogP contribution in [0.3, 0.4) is 0 Å². The molecule has 1 N–H and O–H groups in total. The second-order valence-electron chi connectivity index (χ2n) is 5.65. The lowest BCUT2D eigenvalue weighted by molar-refractivity contribution is -0.118. The van der Waals surface area contributed by atoms with Crippen molar-refractivity contribution in [3.63, 3.8) is 0 Å². The van der Waals surface area contributed by atoms with E-state index in [9.17, 15) is 4.79 Å². The van der Waals surface area contributed by atoms with Crippen LogP contribution in [0.5, 0.6) is 11.5 Å². The summed E-state index contributed by atoms with van der Waals surface area (Å²) >= 11 is 0. The summed E-state index contributed by atoms with van der Waals surface area (Å²) in [6.45, 7) is 0.217. The lowest BCUT2D eigenvalue weighted by Crippen LogP contribution is -2.27. The van der Waals surface area contributed by atoms with Gasteiger partial charge in [0.2, 0.25) is 12.7 Å². The average Bonchev–Trinajstić information content (AvgIpc) is 3.27. The molecule has 6 nitrogen and oxygen atoms in total. The van der Waals surface area contributed by atoms with Crippen molar-refractivity contribution < 1.29 is 15.7 Å². The molecule has 4 rings (SSSR count). The number of amides is 1. The molecule has 1 saturated carbocycles. The molecule has 23 heavy (non-hydrogen) atoms. The molecule has 116 valence electrons. The summed E-state index contributed by atoms with van der Waals surface area (Å²) in [5, 5.41) is 11.6. The Bertz CT molecular complexity index is 826. The zero-order valence-corrected chi connectivity index (χ0v) is 12.2. The van der Waals surface area contributed by atoms with Gasteiger partial charge in [0, 0.05) is 1.43 Å². The monoisotopic (exact) mass is 309 g/mol. The van der Waals surface area contributed by atoms with Gasteiger partial charge in [-0.3, -0.25) is 4.79 Å². The van der Waals surface area contributed by atoms with Gasteiger partial charge in [0.05, 0.1) is 17.3 Å². The van der Waals surface area contributed by atoms with E-state index in [0.29, 0.717) is 22.9 Å². The fraction of sp³-hybridized carbons (Fsp3) is 0.235. The molecular weight excluding hydrogens is 294 g/mol. The first-order valence-corrected chi connectivity index (χ1v) is 7.29. The Balaban J connectivity index is 0.00000169. The minimum Gasteiger partial charge on any atom is -0.454 e. The number of carbonyl (C=O) groups is 1. The molecule has 0 bridgehead atoms. The number of aromatic nitrogens is 1. The molecule has 2 heterocycles. The zero-order chi connectivity index (χ0) is 15.9. The second-order valence-corrected chi connectivity index (χ2v) is 5.65. The van der Waals surface area contributed by atoms with E-state index in [1.807, 2.05) is 24.3 Å². The highest BCUT2D eigenvalue weighted by Crippen LogP contribution is 2.51. The summed E-state index contributed by atoms with van der Waals surface area (Å²) in [4.78, 5) is 16.6. The highest BCUT2D eigenvalue weighted by molar-refractivity contribution is 6.01. The van der Waals surface area contributed by atoms with Crippen molar-refractivity contribution in [1.29, 1.82) is 5.26 Å². The van der Waals surface area contributed by atoms with Crippen LogP contribution in [-0.2, 0) is 10.2 Å². The van der Waals surface area contributed by atoms with Gasteiger partial charge in [0.25, 0.3) is 0 Å². The van der Waals surface area contributed by atoms with E-state index in [1.54, 1.807) is 12.1 Å². The van der Waals surface area contributed by atoms with Crippen LogP contribution in [0.1, 0.15) is 25.5 Å². The molecular formula is C17H15N3O3. The molecule has 1 aliphatic heterocycles. The predicted octanol–water partition coefficient (Wildman–Crippen LogP) is 2.60. The molecule has 1 amide bonds. The maximum Gasteiger partial charge on any atom is 0.235 e. The molecule has 2 aromatic rings. The second kappa shape index (κ2) is 4.99. The Morgan fingerprint density at radius 3 is 2.78 bits per heavy atom. The Kier molecular flexibility index (Phi) is 2.95. The largest absolute Gasteiger partial charge is 0.454 e. The van der Waals surface area contributed by atoms with Crippen molar-refractivity contribution in [2.24, 2.45) is 0 Å². The third kappa shape index (κ3) is 2.27. The number of nitrogens with zero attached hydrogens (tertiary/aromatic N) is 2. The van der Waals surface area contributed by atoms with Gasteiger partial charge in [-0.25, -0.2) is 4.98 Å². The number of hydrogen-bond donors (Lipinski definition) is 1. The van der Waals surface area contributed by atoms with Gasteiger partial charge in [0.1, 0.15) is 11.8 Å². The SMILES string of the molecule is N#Cc1ccc(NC(=O)C2(c3ccc4c(c3)OCO4)CC2)cn1.[HH]. The summed E-state index contributed by atoms with van der Waals surface area (Å²) in [5.74, 6) is 1.32. The maximum atomic E-state index is 12.7. The fourth-order valence-electron chi connectivity index (χ4n) is 2.75. The lowest BCUT2D eigenvalue weighted by atomic mass is 9.94. The van der Waals surface area contributed by atoms with Crippen LogP contribution >= 0.6 is 0 Å². The molecule has 0 spiro atoms. The van der Waals surface area contributed by atoms with Crippen molar-refractivity contribution in [1.82, 2.24) is 4.98 Å². The van der Waals surface area contributed by atoms with Gasteiger partial charge in [-0.05, 0) is 42.7 Å². The first-order chi connectivity index (χ1) is 11.2. The van der Waals surface area contributed by atoms with Gasteiger partial charge < -0.3 is 14.8 Å². The minimum absolute atomic E-state index is 0. The van der Waals surface area contributed by atoms with Crippen LogP contribution in [0, 0.1) is 11.3 Å². The number of anilines is 1. The van der Waals surface area contributed by atoms with E-state index in [-0.39, 0.29) is 14.1 Å². The number of carbonyl (C=O) groups excluding carboxylic acids is 1. The topological polar surface area (TPSA) is 84.2 Å². The minimum atomic E-state index is -0.519. The van der Waals surface area contributed by atoms with E-state index in [4.69, 9.17) is 14.7 Å².